The van der Waals surface area contributed by atoms with Gasteiger partial charge in [0.05, 0.1) is 6.54 Å². The van der Waals surface area contributed by atoms with Crippen molar-refractivity contribution in [2.24, 2.45) is 5.92 Å². The molecule has 1 atom stereocenters. The van der Waals surface area contributed by atoms with E-state index in [1.54, 1.807) is 0 Å². The second kappa shape index (κ2) is 6.31. The number of aryl methyl sites for hydroxylation is 1. The van der Waals surface area contributed by atoms with Crippen LogP contribution in [0.2, 0.25) is 0 Å². The minimum absolute atomic E-state index is 0.145. The zero-order valence-corrected chi connectivity index (χ0v) is 13.8. The molecule has 20 heavy (non-hydrogen) atoms. The Balaban J connectivity index is 1.93. The van der Waals surface area contributed by atoms with Gasteiger partial charge in [0, 0.05) is 24.2 Å². The third kappa shape index (κ3) is 4.64. The van der Waals surface area contributed by atoms with Gasteiger partial charge in [0.15, 0.2) is 0 Å². The molecule has 2 rings (SSSR count). The highest BCUT2D eigenvalue weighted by atomic mass is 16.3. The molecule has 1 N–H and O–H groups in total. The van der Waals surface area contributed by atoms with Crippen molar-refractivity contribution in [1.29, 1.82) is 0 Å². The van der Waals surface area contributed by atoms with Crippen LogP contribution in [-0.4, -0.2) is 23.5 Å². The predicted octanol–water partition coefficient (Wildman–Crippen LogP) is 3.71. The Kier molecular flexibility index (Phi) is 4.92. The molecule has 1 aliphatic heterocycles. The van der Waals surface area contributed by atoms with E-state index in [1.165, 1.54) is 31.5 Å². The van der Waals surface area contributed by atoms with Crippen LogP contribution in [0.25, 0.3) is 0 Å². The first-order valence-electron chi connectivity index (χ1n) is 7.89. The van der Waals surface area contributed by atoms with E-state index in [-0.39, 0.29) is 5.54 Å². The fourth-order valence-corrected chi connectivity index (χ4v) is 2.85. The molecule has 0 spiro atoms. The number of furan rings is 1. The predicted molar refractivity (Wildman–Crippen MR) is 83.7 cm³/mol. The number of nitrogens with one attached hydrogen (secondary N) is 1. The van der Waals surface area contributed by atoms with E-state index in [0.29, 0.717) is 0 Å². The molecule has 1 aromatic heterocycles. The summed E-state index contributed by atoms with van der Waals surface area (Å²) in [7, 11) is 0. The van der Waals surface area contributed by atoms with Crippen LogP contribution >= 0.6 is 0 Å². The quantitative estimate of drug-likeness (QED) is 0.910. The molecular formula is C17H30N2O. The molecule has 0 amide bonds. The maximum Gasteiger partial charge on any atom is 0.118 e. The summed E-state index contributed by atoms with van der Waals surface area (Å²) in [4.78, 5) is 2.52. The van der Waals surface area contributed by atoms with Gasteiger partial charge in [-0.15, -0.1) is 0 Å². The Hall–Kier alpha value is -0.800. The third-order valence-corrected chi connectivity index (χ3v) is 4.00. The highest BCUT2D eigenvalue weighted by Crippen LogP contribution is 2.21. The Labute approximate surface area is 123 Å². The molecule has 114 valence electrons. The number of nitrogens with zero attached hydrogens (tertiary/aromatic N) is 1. The summed E-state index contributed by atoms with van der Waals surface area (Å²) in [6.45, 7) is 15.3. The van der Waals surface area contributed by atoms with Crippen molar-refractivity contribution in [3.63, 3.8) is 0 Å². The molecule has 1 saturated heterocycles. The van der Waals surface area contributed by atoms with Gasteiger partial charge in [0.2, 0.25) is 0 Å². The van der Waals surface area contributed by atoms with Crippen LogP contribution in [0.4, 0.5) is 0 Å². The Morgan fingerprint density at radius 1 is 1.40 bits per heavy atom. The highest BCUT2D eigenvalue weighted by Gasteiger charge is 2.18. The smallest absolute Gasteiger partial charge is 0.118 e. The summed E-state index contributed by atoms with van der Waals surface area (Å²) in [5, 5.41) is 3.53. The number of likely N-dealkylation sites (tertiary alicyclic amines) is 1. The lowest BCUT2D eigenvalue weighted by Crippen LogP contribution is -2.35. The molecule has 0 saturated carbocycles. The van der Waals surface area contributed by atoms with Crippen LogP contribution in [-0.2, 0) is 13.1 Å². The molecule has 1 unspecified atom stereocenters. The Morgan fingerprint density at radius 2 is 2.15 bits per heavy atom. The number of rotatable bonds is 4. The summed E-state index contributed by atoms with van der Waals surface area (Å²) in [5.74, 6) is 2.99. The molecule has 0 aromatic carbocycles. The van der Waals surface area contributed by atoms with Crippen LogP contribution in [0.15, 0.2) is 10.5 Å². The lowest BCUT2D eigenvalue weighted by molar-refractivity contribution is 0.165. The van der Waals surface area contributed by atoms with Crippen LogP contribution in [0.3, 0.4) is 0 Å². The van der Waals surface area contributed by atoms with Crippen molar-refractivity contribution >= 4 is 0 Å². The largest absolute Gasteiger partial charge is 0.465 e. The highest BCUT2D eigenvalue weighted by molar-refractivity contribution is 5.21. The van der Waals surface area contributed by atoms with Crippen molar-refractivity contribution in [3.05, 3.63) is 23.2 Å². The van der Waals surface area contributed by atoms with Crippen LogP contribution in [0, 0.1) is 12.8 Å². The molecule has 3 heteroatoms. The molecule has 1 aromatic rings. The average molecular weight is 278 g/mol. The average Bonchev–Trinajstić information content (AvgIpc) is 2.66. The fraction of sp³-hybridized carbons (Fsp3) is 0.765. The molecule has 2 heterocycles. The lowest BCUT2D eigenvalue weighted by atomic mass is 10.0. The maximum atomic E-state index is 5.94. The monoisotopic (exact) mass is 278 g/mol. The summed E-state index contributed by atoms with van der Waals surface area (Å²) in [5.41, 5.74) is 1.44. The number of hydrogen-bond donors (Lipinski definition) is 1. The van der Waals surface area contributed by atoms with Crippen molar-refractivity contribution in [3.8, 4) is 0 Å². The SMILES string of the molecule is Cc1oc(CN2CCCC(C)C2)cc1CNC(C)(C)C. The van der Waals surface area contributed by atoms with E-state index in [4.69, 9.17) is 4.42 Å². The Morgan fingerprint density at radius 3 is 2.80 bits per heavy atom. The van der Waals surface area contributed by atoms with Gasteiger partial charge in [-0.2, -0.15) is 0 Å². The first-order valence-corrected chi connectivity index (χ1v) is 7.89. The topological polar surface area (TPSA) is 28.4 Å². The third-order valence-electron chi connectivity index (χ3n) is 4.00. The van der Waals surface area contributed by atoms with Gasteiger partial charge < -0.3 is 9.73 Å². The lowest BCUT2D eigenvalue weighted by Gasteiger charge is -2.29. The van der Waals surface area contributed by atoms with E-state index in [9.17, 15) is 0 Å². The number of hydrogen-bond acceptors (Lipinski definition) is 3. The second-order valence-electron chi connectivity index (χ2n) is 7.38. The van der Waals surface area contributed by atoms with Crippen molar-refractivity contribution in [1.82, 2.24) is 10.2 Å². The molecule has 1 fully saturated rings. The van der Waals surface area contributed by atoms with Crippen molar-refractivity contribution < 1.29 is 4.42 Å². The molecular weight excluding hydrogens is 248 g/mol. The summed E-state index contributed by atoms with van der Waals surface area (Å²) in [6.07, 6.45) is 2.69. The fourth-order valence-electron chi connectivity index (χ4n) is 2.85. The van der Waals surface area contributed by atoms with E-state index in [0.717, 1.165) is 30.5 Å². The Bertz CT molecular complexity index is 431. The van der Waals surface area contributed by atoms with Crippen molar-refractivity contribution in [2.75, 3.05) is 13.1 Å². The van der Waals surface area contributed by atoms with Gasteiger partial charge in [-0.1, -0.05) is 6.92 Å². The molecule has 0 bridgehead atoms. The molecule has 0 radical (unpaired) electrons. The number of piperidine rings is 1. The van der Waals surface area contributed by atoms with Gasteiger partial charge in [0.25, 0.3) is 0 Å². The van der Waals surface area contributed by atoms with E-state index < -0.39 is 0 Å². The minimum atomic E-state index is 0.145. The van der Waals surface area contributed by atoms with Gasteiger partial charge in [-0.05, 0) is 59.1 Å². The zero-order valence-electron chi connectivity index (χ0n) is 13.8. The minimum Gasteiger partial charge on any atom is -0.465 e. The molecule has 3 nitrogen and oxygen atoms in total. The van der Waals surface area contributed by atoms with Gasteiger partial charge in [-0.25, -0.2) is 0 Å². The van der Waals surface area contributed by atoms with E-state index >= 15 is 0 Å². The normalized spacial score (nSPS) is 21.4. The first-order chi connectivity index (χ1) is 9.33. The second-order valence-corrected chi connectivity index (χ2v) is 7.38. The molecule has 1 aliphatic rings. The van der Waals surface area contributed by atoms with Gasteiger partial charge >= 0.3 is 0 Å². The van der Waals surface area contributed by atoms with Crippen LogP contribution in [0.5, 0.6) is 0 Å². The molecule has 0 aliphatic carbocycles. The van der Waals surface area contributed by atoms with E-state index in [2.05, 4.69) is 50.9 Å². The zero-order chi connectivity index (χ0) is 14.8. The first kappa shape index (κ1) is 15.6. The van der Waals surface area contributed by atoms with Gasteiger partial charge in [0.1, 0.15) is 11.5 Å². The summed E-state index contributed by atoms with van der Waals surface area (Å²) in [6, 6.07) is 2.23. The summed E-state index contributed by atoms with van der Waals surface area (Å²) >= 11 is 0. The maximum absolute atomic E-state index is 5.94. The standard InChI is InChI=1S/C17H30N2O/c1-13-7-6-8-19(11-13)12-16-9-15(14(2)20-16)10-18-17(3,4)5/h9,13,18H,6-8,10-12H2,1-5H3. The van der Waals surface area contributed by atoms with Crippen LogP contribution < -0.4 is 5.32 Å². The van der Waals surface area contributed by atoms with Crippen molar-refractivity contribution in [2.45, 2.75) is 66.1 Å². The van der Waals surface area contributed by atoms with Gasteiger partial charge in [-0.3, -0.25) is 4.90 Å². The van der Waals surface area contributed by atoms with E-state index in [1.807, 2.05) is 0 Å². The summed E-state index contributed by atoms with van der Waals surface area (Å²) < 4.78 is 5.94. The van der Waals surface area contributed by atoms with Crippen LogP contribution in [0.1, 0.15) is 57.6 Å².